The van der Waals surface area contributed by atoms with Gasteiger partial charge in [0.15, 0.2) is 5.17 Å². The van der Waals surface area contributed by atoms with Crippen LogP contribution in [0.2, 0.25) is 0 Å². The Morgan fingerprint density at radius 3 is 2.55 bits per heavy atom. The summed E-state index contributed by atoms with van der Waals surface area (Å²) in [6.45, 7) is 0. The van der Waals surface area contributed by atoms with Crippen molar-refractivity contribution in [2.75, 3.05) is 0 Å². The maximum Gasteiger partial charge on any atom is 0.264 e. The molecule has 0 atom stereocenters. The zero-order valence-electron chi connectivity index (χ0n) is 11.4. The summed E-state index contributed by atoms with van der Waals surface area (Å²) in [6.07, 6.45) is 1.69. The molecule has 1 amide bonds. The Morgan fingerprint density at radius 2 is 1.82 bits per heavy atom. The molecule has 3 rings (SSSR count). The lowest BCUT2D eigenvalue weighted by atomic mass is 10.2. The third kappa shape index (κ3) is 3.29. The van der Waals surface area contributed by atoms with Crippen molar-refractivity contribution in [2.24, 2.45) is 4.99 Å². The Morgan fingerprint density at radius 1 is 1.05 bits per heavy atom. The zero-order valence-corrected chi connectivity index (χ0v) is 12.2. The van der Waals surface area contributed by atoms with Gasteiger partial charge in [-0.05, 0) is 59.8 Å². The molecule has 0 aromatic heterocycles. The smallest absolute Gasteiger partial charge is 0.264 e. The average Bonchev–Trinajstić information content (AvgIpc) is 2.81. The Labute approximate surface area is 131 Å². The standard InChI is InChI=1S/C16H12N2O3S/c19-12-6-4-11(5-7-12)17-16-18-15(21)14(22-16)9-10-2-1-3-13(20)8-10/h1-9,19-20H,(H,17,18,21)/b14-9+. The van der Waals surface area contributed by atoms with E-state index in [4.69, 9.17) is 0 Å². The minimum atomic E-state index is -0.231. The van der Waals surface area contributed by atoms with Gasteiger partial charge in [0, 0.05) is 0 Å². The Kier molecular flexibility index (Phi) is 3.84. The van der Waals surface area contributed by atoms with Crippen LogP contribution in [0.15, 0.2) is 58.4 Å². The van der Waals surface area contributed by atoms with E-state index in [1.165, 1.54) is 23.9 Å². The molecule has 0 spiro atoms. The van der Waals surface area contributed by atoms with Gasteiger partial charge in [0.05, 0.1) is 10.6 Å². The molecule has 0 radical (unpaired) electrons. The first-order valence-electron chi connectivity index (χ1n) is 6.48. The number of nitrogens with zero attached hydrogens (tertiary/aromatic N) is 1. The van der Waals surface area contributed by atoms with Crippen molar-refractivity contribution in [1.29, 1.82) is 0 Å². The lowest BCUT2D eigenvalue weighted by molar-refractivity contribution is -0.115. The van der Waals surface area contributed by atoms with Crippen molar-refractivity contribution in [3.8, 4) is 11.5 Å². The normalized spacial score (nSPS) is 17.9. The van der Waals surface area contributed by atoms with E-state index in [-0.39, 0.29) is 17.4 Å². The molecule has 1 aliphatic rings. The van der Waals surface area contributed by atoms with Crippen molar-refractivity contribution in [3.63, 3.8) is 0 Å². The van der Waals surface area contributed by atoms with Crippen LogP contribution in [-0.2, 0) is 4.79 Å². The molecule has 1 heterocycles. The maximum absolute atomic E-state index is 11.9. The second-order valence-corrected chi connectivity index (χ2v) is 5.62. The summed E-state index contributed by atoms with van der Waals surface area (Å²) in [5.74, 6) is 0.0816. The largest absolute Gasteiger partial charge is 0.508 e. The van der Waals surface area contributed by atoms with Gasteiger partial charge in [0.2, 0.25) is 0 Å². The van der Waals surface area contributed by atoms with Gasteiger partial charge in [-0.2, -0.15) is 0 Å². The van der Waals surface area contributed by atoms with E-state index >= 15 is 0 Å². The molecule has 110 valence electrons. The van der Waals surface area contributed by atoms with Crippen molar-refractivity contribution in [2.45, 2.75) is 0 Å². The molecule has 1 aliphatic heterocycles. The number of hydrogen-bond acceptors (Lipinski definition) is 5. The third-order valence-corrected chi connectivity index (χ3v) is 3.81. The summed E-state index contributed by atoms with van der Waals surface area (Å²) in [5.41, 5.74) is 1.38. The average molecular weight is 312 g/mol. The molecule has 3 N–H and O–H groups in total. The Bertz CT molecular complexity index is 782. The number of benzene rings is 2. The minimum absolute atomic E-state index is 0.149. The molecule has 6 heteroatoms. The molecule has 0 aliphatic carbocycles. The Balaban J connectivity index is 1.82. The summed E-state index contributed by atoms with van der Waals surface area (Å²) in [7, 11) is 0. The number of phenols is 2. The van der Waals surface area contributed by atoms with Crippen molar-refractivity contribution >= 4 is 34.6 Å². The Hall–Kier alpha value is -2.73. The first kappa shape index (κ1) is 14.2. The van der Waals surface area contributed by atoms with Crippen LogP contribution in [0.4, 0.5) is 5.69 Å². The van der Waals surface area contributed by atoms with Crippen LogP contribution in [0.1, 0.15) is 5.56 Å². The van der Waals surface area contributed by atoms with E-state index in [1.807, 2.05) is 0 Å². The number of carbonyl (C=O) groups excluding carboxylic acids is 1. The number of hydrogen-bond donors (Lipinski definition) is 3. The predicted octanol–water partition coefficient (Wildman–Crippen LogP) is 2.99. The molecule has 2 aromatic rings. The molecule has 1 saturated heterocycles. The van der Waals surface area contributed by atoms with E-state index in [9.17, 15) is 15.0 Å². The first-order valence-corrected chi connectivity index (χ1v) is 7.29. The van der Waals surface area contributed by atoms with E-state index in [1.54, 1.807) is 42.5 Å². The number of nitrogens with one attached hydrogen (secondary N) is 1. The highest BCUT2D eigenvalue weighted by molar-refractivity contribution is 8.18. The molecule has 2 aromatic carbocycles. The van der Waals surface area contributed by atoms with Crippen LogP contribution in [0.3, 0.4) is 0 Å². The van der Waals surface area contributed by atoms with Crippen molar-refractivity contribution < 1.29 is 15.0 Å². The fourth-order valence-corrected chi connectivity index (χ4v) is 2.73. The number of phenolic OH excluding ortho intramolecular Hbond substituents is 2. The van der Waals surface area contributed by atoms with Crippen molar-refractivity contribution in [3.05, 3.63) is 59.0 Å². The fourth-order valence-electron chi connectivity index (χ4n) is 1.89. The van der Waals surface area contributed by atoms with Crippen molar-refractivity contribution in [1.82, 2.24) is 5.32 Å². The number of aromatic hydroxyl groups is 2. The van der Waals surface area contributed by atoms with Gasteiger partial charge in [0.1, 0.15) is 11.5 Å². The van der Waals surface area contributed by atoms with Gasteiger partial charge in [-0.15, -0.1) is 0 Å². The first-order chi connectivity index (χ1) is 10.6. The van der Waals surface area contributed by atoms with Gasteiger partial charge < -0.3 is 15.5 Å². The van der Waals surface area contributed by atoms with Crippen LogP contribution in [-0.4, -0.2) is 21.3 Å². The lowest BCUT2D eigenvalue weighted by Crippen LogP contribution is -2.19. The lowest BCUT2D eigenvalue weighted by Gasteiger charge is -1.96. The quantitative estimate of drug-likeness (QED) is 0.745. The molecule has 0 unspecified atom stereocenters. The number of amidine groups is 1. The molecule has 0 saturated carbocycles. The summed E-state index contributed by atoms with van der Waals surface area (Å²) >= 11 is 1.22. The number of thioether (sulfide) groups is 1. The molecular weight excluding hydrogens is 300 g/mol. The molecular formula is C16H12N2O3S. The van der Waals surface area contributed by atoms with Crippen LogP contribution in [0, 0.1) is 0 Å². The molecule has 1 fully saturated rings. The second-order valence-electron chi connectivity index (χ2n) is 4.59. The third-order valence-electron chi connectivity index (χ3n) is 2.90. The van der Waals surface area contributed by atoms with E-state index in [0.29, 0.717) is 15.8 Å². The number of amides is 1. The van der Waals surface area contributed by atoms with Crippen LogP contribution in [0.5, 0.6) is 11.5 Å². The highest BCUT2D eigenvalue weighted by atomic mass is 32.2. The van der Waals surface area contributed by atoms with Crippen LogP contribution >= 0.6 is 11.8 Å². The summed E-state index contributed by atoms with van der Waals surface area (Å²) in [6, 6.07) is 13.0. The number of rotatable bonds is 2. The highest BCUT2D eigenvalue weighted by Gasteiger charge is 2.23. The number of carbonyl (C=O) groups is 1. The summed E-state index contributed by atoms with van der Waals surface area (Å²) in [5, 5.41) is 21.8. The minimum Gasteiger partial charge on any atom is -0.508 e. The van der Waals surface area contributed by atoms with Crippen LogP contribution in [0.25, 0.3) is 6.08 Å². The zero-order chi connectivity index (χ0) is 15.5. The monoisotopic (exact) mass is 312 g/mol. The van der Waals surface area contributed by atoms with Gasteiger partial charge in [-0.3, -0.25) is 4.79 Å². The predicted molar refractivity (Wildman–Crippen MR) is 87.0 cm³/mol. The molecule has 5 nitrogen and oxygen atoms in total. The topological polar surface area (TPSA) is 81.9 Å². The maximum atomic E-state index is 11.9. The SMILES string of the molecule is O=C1NC(=Nc2ccc(O)cc2)S/C1=C/c1cccc(O)c1. The van der Waals surface area contributed by atoms with Gasteiger partial charge in [-0.25, -0.2) is 4.99 Å². The van der Waals surface area contributed by atoms with Gasteiger partial charge in [-0.1, -0.05) is 12.1 Å². The second kappa shape index (κ2) is 5.95. The number of aliphatic imine (C=N–C) groups is 1. The summed E-state index contributed by atoms with van der Waals surface area (Å²) in [4.78, 5) is 16.7. The van der Waals surface area contributed by atoms with Gasteiger partial charge >= 0.3 is 0 Å². The summed E-state index contributed by atoms with van der Waals surface area (Å²) < 4.78 is 0. The highest BCUT2D eigenvalue weighted by Crippen LogP contribution is 2.29. The van der Waals surface area contributed by atoms with E-state index in [2.05, 4.69) is 10.3 Å². The fraction of sp³-hybridized carbons (Fsp3) is 0. The molecule has 22 heavy (non-hydrogen) atoms. The van der Waals surface area contributed by atoms with E-state index in [0.717, 1.165) is 5.56 Å². The van der Waals surface area contributed by atoms with Crippen LogP contribution < -0.4 is 5.32 Å². The van der Waals surface area contributed by atoms with E-state index < -0.39 is 0 Å². The van der Waals surface area contributed by atoms with Gasteiger partial charge in [0.25, 0.3) is 5.91 Å². The molecule has 0 bridgehead atoms.